The first-order valence-corrected chi connectivity index (χ1v) is 6.21. The maximum absolute atomic E-state index is 5.80. The van der Waals surface area contributed by atoms with Crippen molar-refractivity contribution in [2.24, 2.45) is 0 Å². The Labute approximate surface area is 103 Å². The maximum atomic E-state index is 5.80. The maximum Gasteiger partial charge on any atom is 0.140 e. The zero-order chi connectivity index (χ0) is 10.7. The van der Waals surface area contributed by atoms with E-state index in [2.05, 4.69) is 31.5 Å². The third-order valence-corrected chi connectivity index (χ3v) is 3.05. The number of anilines is 1. The molecule has 1 heterocycles. The van der Waals surface area contributed by atoms with Gasteiger partial charge >= 0.3 is 0 Å². The Kier molecular flexibility index (Phi) is 3.83. The molecule has 1 fully saturated rings. The van der Waals surface area contributed by atoms with Crippen molar-refractivity contribution >= 4 is 33.3 Å². The molecule has 0 saturated heterocycles. The molecule has 2 rings (SSSR count). The Balaban J connectivity index is 1.76. The van der Waals surface area contributed by atoms with Gasteiger partial charge in [0.15, 0.2) is 0 Å². The quantitative estimate of drug-likeness (QED) is 0.819. The minimum absolute atomic E-state index is 0.642. The van der Waals surface area contributed by atoms with Gasteiger partial charge in [0.2, 0.25) is 0 Å². The van der Waals surface area contributed by atoms with Crippen LogP contribution in [0.1, 0.15) is 12.8 Å². The van der Waals surface area contributed by atoms with Crippen LogP contribution in [0.15, 0.2) is 16.7 Å². The Bertz CT molecular complexity index is 341. The van der Waals surface area contributed by atoms with E-state index in [0.29, 0.717) is 5.02 Å². The van der Waals surface area contributed by atoms with Gasteiger partial charge in [0, 0.05) is 25.3 Å². The predicted octanol–water partition coefficient (Wildman–Crippen LogP) is 2.66. The van der Waals surface area contributed by atoms with Crippen LogP contribution in [0.25, 0.3) is 0 Å². The molecule has 1 aliphatic rings. The van der Waals surface area contributed by atoms with Crippen molar-refractivity contribution in [3.8, 4) is 0 Å². The summed E-state index contributed by atoms with van der Waals surface area (Å²) in [6.45, 7) is 1.85. The van der Waals surface area contributed by atoms with Gasteiger partial charge in [0.25, 0.3) is 0 Å². The highest BCUT2D eigenvalue weighted by Gasteiger charge is 2.19. The molecular formula is C10H13BrClN3. The molecule has 15 heavy (non-hydrogen) atoms. The van der Waals surface area contributed by atoms with Gasteiger partial charge < -0.3 is 10.6 Å². The third-order valence-electron chi connectivity index (χ3n) is 2.24. The van der Waals surface area contributed by atoms with Crippen LogP contribution >= 0.6 is 27.5 Å². The lowest BCUT2D eigenvalue weighted by Gasteiger charge is -2.08. The molecule has 1 saturated carbocycles. The summed E-state index contributed by atoms with van der Waals surface area (Å²) in [6, 6.07) is 2.60. The van der Waals surface area contributed by atoms with Crippen molar-refractivity contribution in [3.63, 3.8) is 0 Å². The zero-order valence-electron chi connectivity index (χ0n) is 8.26. The first kappa shape index (κ1) is 11.2. The monoisotopic (exact) mass is 289 g/mol. The standard InChI is InChI=1S/C10H13BrClN3/c11-9-5-7(12)6-15-10(9)14-4-3-13-8-1-2-8/h5-6,8,13H,1-4H2,(H,14,15). The molecule has 0 radical (unpaired) electrons. The van der Waals surface area contributed by atoms with E-state index in [0.717, 1.165) is 29.4 Å². The van der Waals surface area contributed by atoms with Gasteiger partial charge in [0.05, 0.1) is 9.50 Å². The Hall–Kier alpha value is -0.320. The van der Waals surface area contributed by atoms with Crippen LogP contribution in [0.5, 0.6) is 0 Å². The zero-order valence-corrected chi connectivity index (χ0v) is 10.6. The highest BCUT2D eigenvalue weighted by atomic mass is 79.9. The first-order valence-electron chi connectivity index (χ1n) is 5.04. The topological polar surface area (TPSA) is 37.0 Å². The smallest absolute Gasteiger partial charge is 0.140 e. The van der Waals surface area contributed by atoms with Gasteiger partial charge in [-0.3, -0.25) is 0 Å². The van der Waals surface area contributed by atoms with Crippen LogP contribution in [0.4, 0.5) is 5.82 Å². The molecule has 0 bridgehead atoms. The fraction of sp³-hybridized carbons (Fsp3) is 0.500. The van der Waals surface area contributed by atoms with Crippen molar-refractivity contribution < 1.29 is 0 Å². The summed E-state index contributed by atoms with van der Waals surface area (Å²) in [5, 5.41) is 7.31. The molecule has 5 heteroatoms. The predicted molar refractivity (Wildman–Crippen MR) is 66.5 cm³/mol. The number of hydrogen-bond donors (Lipinski definition) is 2. The number of hydrogen-bond acceptors (Lipinski definition) is 3. The molecule has 0 atom stereocenters. The van der Waals surface area contributed by atoms with E-state index < -0.39 is 0 Å². The highest BCUT2D eigenvalue weighted by Crippen LogP contribution is 2.22. The lowest BCUT2D eigenvalue weighted by Crippen LogP contribution is -2.24. The van der Waals surface area contributed by atoms with Crippen LogP contribution in [0, 0.1) is 0 Å². The number of halogens is 2. The number of nitrogens with zero attached hydrogens (tertiary/aromatic N) is 1. The number of pyridine rings is 1. The fourth-order valence-electron chi connectivity index (χ4n) is 1.29. The summed E-state index contributed by atoms with van der Waals surface area (Å²) in [5.41, 5.74) is 0. The van der Waals surface area contributed by atoms with Gasteiger partial charge in [-0.1, -0.05) is 11.6 Å². The van der Waals surface area contributed by atoms with Gasteiger partial charge in [-0.05, 0) is 34.8 Å². The van der Waals surface area contributed by atoms with Gasteiger partial charge in [-0.25, -0.2) is 4.98 Å². The lowest BCUT2D eigenvalue weighted by atomic mass is 10.4. The molecule has 0 aromatic carbocycles. The van der Waals surface area contributed by atoms with Crippen LogP contribution < -0.4 is 10.6 Å². The minimum atomic E-state index is 0.642. The molecule has 1 aliphatic carbocycles. The Morgan fingerprint density at radius 1 is 1.47 bits per heavy atom. The van der Waals surface area contributed by atoms with Crippen LogP contribution in [-0.2, 0) is 0 Å². The second-order valence-corrected chi connectivity index (χ2v) is 4.93. The molecule has 0 unspecified atom stereocenters. The van der Waals surface area contributed by atoms with E-state index in [4.69, 9.17) is 11.6 Å². The lowest BCUT2D eigenvalue weighted by molar-refractivity contribution is 0.700. The normalized spacial score (nSPS) is 15.3. The first-order chi connectivity index (χ1) is 7.25. The van der Waals surface area contributed by atoms with Crippen molar-refractivity contribution in [2.45, 2.75) is 18.9 Å². The average molecular weight is 291 g/mol. The third kappa shape index (κ3) is 3.63. The Morgan fingerprint density at radius 2 is 2.27 bits per heavy atom. The Morgan fingerprint density at radius 3 is 2.93 bits per heavy atom. The minimum Gasteiger partial charge on any atom is -0.368 e. The molecule has 82 valence electrons. The number of aromatic nitrogens is 1. The highest BCUT2D eigenvalue weighted by molar-refractivity contribution is 9.10. The second-order valence-electron chi connectivity index (χ2n) is 3.64. The van der Waals surface area contributed by atoms with E-state index >= 15 is 0 Å². The van der Waals surface area contributed by atoms with E-state index in [-0.39, 0.29) is 0 Å². The van der Waals surface area contributed by atoms with Gasteiger partial charge in [-0.15, -0.1) is 0 Å². The van der Waals surface area contributed by atoms with Crippen molar-refractivity contribution in [2.75, 3.05) is 18.4 Å². The molecule has 3 nitrogen and oxygen atoms in total. The molecule has 0 aliphatic heterocycles. The van der Waals surface area contributed by atoms with Gasteiger partial charge in [0.1, 0.15) is 5.82 Å². The van der Waals surface area contributed by atoms with E-state index in [1.165, 1.54) is 12.8 Å². The SMILES string of the molecule is Clc1cnc(NCCNC2CC2)c(Br)c1. The van der Waals surface area contributed by atoms with Crippen molar-refractivity contribution in [1.29, 1.82) is 0 Å². The van der Waals surface area contributed by atoms with Crippen LogP contribution in [0.2, 0.25) is 5.02 Å². The molecule has 0 amide bonds. The van der Waals surface area contributed by atoms with E-state index in [9.17, 15) is 0 Å². The second kappa shape index (κ2) is 5.14. The summed E-state index contributed by atoms with van der Waals surface area (Å²) in [5.74, 6) is 0.844. The molecular weight excluding hydrogens is 277 g/mol. The summed E-state index contributed by atoms with van der Waals surface area (Å²) < 4.78 is 0.904. The van der Waals surface area contributed by atoms with E-state index in [1.807, 2.05) is 6.07 Å². The van der Waals surface area contributed by atoms with Crippen LogP contribution in [0.3, 0.4) is 0 Å². The van der Waals surface area contributed by atoms with Crippen molar-refractivity contribution in [1.82, 2.24) is 10.3 Å². The molecule has 0 spiro atoms. The summed E-state index contributed by atoms with van der Waals surface area (Å²) in [4.78, 5) is 4.19. The fourth-order valence-corrected chi connectivity index (χ4v) is 2.07. The summed E-state index contributed by atoms with van der Waals surface area (Å²) >= 11 is 9.21. The average Bonchev–Trinajstić information content (AvgIpc) is 2.99. The van der Waals surface area contributed by atoms with E-state index in [1.54, 1.807) is 6.20 Å². The molecule has 2 N–H and O–H groups in total. The summed E-state index contributed by atoms with van der Waals surface area (Å²) in [7, 11) is 0. The van der Waals surface area contributed by atoms with Gasteiger partial charge in [-0.2, -0.15) is 0 Å². The van der Waals surface area contributed by atoms with Crippen LogP contribution in [-0.4, -0.2) is 24.1 Å². The molecule has 1 aromatic heterocycles. The number of rotatable bonds is 5. The number of nitrogens with one attached hydrogen (secondary N) is 2. The van der Waals surface area contributed by atoms with Crippen molar-refractivity contribution in [3.05, 3.63) is 21.8 Å². The summed E-state index contributed by atoms with van der Waals surface area (Å²) in [6.07, 6.45) is 4.29. The largest absolute Gasteiger partial charge is 0.368 e. The molecule has 1 aromatic rings.